The molecule has 14 heavy (non-hydrogen) atoms. The summed E-state index contributed by atoms with van der Waals surface area (Å²) in [6.45, 7) is 2.29. The summed E-state index contributed by atoms with van der Waals surface area (Å²) in [5.41, 5.74) is 1.25. The minimum Gasteiger partial charge on any atom is -0.466 e. The van der Waals surface area contributed by atoms with E-state index < -0.39 is 0 Å². The molecule has 0 amide bonds. The molecule has 1 aromatic heterocycles. The number of ether oxygens (including phenoxy) is 1. The molecule has 74 valence electrons. The highest BCUT2D eigenvalue weighted by Crippen LogP contribution is 2.27. The Labute approximate surface area is 87.2 Å². The molecule has 2 nitrogen and oxygen atoms in total. The van der Waals surface area contributed by atoms with Gasteiger partial charge in [-0.05, 0) is 30.4 Å². The Bertz CT molecular complexity index is 365. The van der Waals surface area contributed by atoms with Crippen LogP contribution in [0.2, 0.25) is 0 Å². The number of carbonyl (C=O) groups is 1. The molecular weight excluding hydrogens is 196 g/mol. The van der Waals surface area contributed by atoms with E-state index in [4.69, 9.17) is 4.74 Å². The normalized spacial score (nSPS) is 19.1. The number of thiophene rings is 1. The third kappa shape index (κ3) is 1.73. The van der Waals surface area contributed by atoms with E-state index in [1.807, 2.05) is 19.1 Å². The van der Waals surface area contributed by atoms with Gasteiger partial charge >= 0.3 is 5.97 Å². The summed E-state index contributed by atoms with van der Waals surface area (Å²) in [5, 5.41) is 2.06. The first-order valence-electron chi connectivity index (χ1n) is 4.72. The second kappa shape index (κ2) is 3.96. The minimum atomic E-state index is -0.109. The van der Waals surface area contributed by atoms with Crippen LogP contribution in [0.3, 0.4) is 0 Å². The standard InChI is InChI=1S/C11H12O2S/c1-2-13-11(12)9-4-3-8-5-6-14-10(8)7-9/h3-6,9H,2,7H2,1H3. The maximum atomic E-state index is 11.5. The average Bonchev–Trinajstić information content (AvgIpc) is 2.64. The van der Waals surface area contributed by atoms with Gasteiger partial charge in [0, 0.05) is 4.88 Å². The van der Waals surface area contributed by atoms with Crippen molar-refractivity contribution in [3.05, 3.63) is 28.0 Å². The first-order valence-corrected chi connectivity index (χ1v) is 5.60. The SMILES string of the molecule is CCOC(=O)C1C=Cc2ccsc2C1. The van der Waals surface area contributed by atoms with Gasteiger partial charge in [-0.15, -0.1) is 11.3 Å². The van der Waals surface area contributed by atoms with Crippen LogP contribution in [0.25, 0.3) is 6.08 Å². The highest BCUT2D eigenvalue weighted by molar-refractivity contribution is 7.10. The molecule has 1 unspecified atom stereocenters. The van der Waals surface area contributed by atoms with Crippen molar-refractivity contribution >= 4 is 23.4 Å². The molecule has 1 aliphatic carbocycles. The molecule has 3 heteroatoms. The Morgan fingerprint density at radius 2 is 2.57 bits per heavy atom. The molecule has 0 fully saturated rings. The van der Waals surface area contributed by atoms with Gasteiger partial charge in [0.15, 0.2) is 0 Å². The monoisotopic (exact) mass is 208 g/mol. The van der Waals surface area contributed by atoms with Crippen LogP contribution in [0.15, 0.2) is 17.5 Å². The molecule has 1 heterocycles. The number of rotatable bonds is 2. The van der Waals surface area contributed by atoms with Gasteiger partial charge < -0.3 is 4.74 Å². The highest BCUT2D eigenvalue weighted by atomic mass is 32.1. The van der Waals surface area contributed by atoms with Crippen molar-refractivity contribution in [3.8, 4) is 0 Å². The third-order valence-electron chi connectivity index (χ3n) is 2.28. The second-order valence-electron chi connectivity index (χ2n) is 3.22. The van der Waals surface area contributed by atoms with E-state index in [0.29, 0.717) is 6.61 Å². The third-order valence-corrected chi connectivity index (χ3v) is 3.24. The van der Waals surface area contributed by atoms with Crippen LogP contribution < -0.4 is 0 Å². The van der Waals surface area contributed by atoms with E-state index in [1.165, 1.54) is 10.4 Å². The molecular formula is C11H12O2S. The molecule has 0 saturated carbocycles. The molecule has 1 atom stereocenters. The van der Waals surface area contributed by atoms with E-state index in [2.05, 4.69) is 11.4 Å². The van der Waals surface area contributed by atoms with E-state index in [0.717, 1.165) is 6.42 Å². The van der Waals surface area contributed by atoms with Crippen molar-refractivity contribution in [2.75, 3.05) is 6.61 Å². The molecule has 1 aliphatic rings. The van der Waals surface area contributed by atoms with Gasteiger partial charge in [0.1, 0.15) is 0 Å². The van der Waals surface area contributed by atoms with E-state index in [9.17, 15) is 4.79 Å². The van der Waals surface area contributed by atoms with Crippen molar-refractivity contribution in [1.82, 2.24) is 0 Å². The lowest BCUT2D eigenvalue weighted by Gasteiger charge is -2.14. The quantitative estimate of drug-likeness (QED) is 0.698. The molecule has 0 bridgehead atoms. The summed E-state index contributed by atoms with van der Waals surface area (Å²) >= 11 is 1.71. The summed E-state index contributed by atoms with van der Waals surface area (Å²) in [6, 6.07) is 2.08. The van der Waals surface area contributed by atoms with Crippen LogP contribution in [-0.2, 0) is 16.0 Å². The molecule has 0 spiro atoms. The zero-order chi connectivity index (χ0) is 9.97. The smallest absolute Gasteiger partial charge is 0.313 e. The van der Waals surface area contributed by atoms with Crippen LogP contribution in [0.1, 0.15) is 17.4 Å². The van der Waals surface area contributed by atoms with Crippen LogP contribution in [0.5, 0.6) is 0 Å². The Morgan fingerprint density at radius 3 is 3.36 bits per heavy atom. The molecule has 0 saturated heterocycles. The maximum Gasteiger partial charge on any atom is 0.313 e. The van der Waals surface area contributed by atoms with Crippen LogP contribution in [-0.4, -0.2) is 12.6 Å². The minimum absolute atomic E-state index is 0.0823. The predicted octanol–water partition coefficient (Wildman–Crippen LogP) is 2.50. The van der Waals surface area contributed by atoms with Gasteiger partial charge in [-0.3, -0.25) is 4.79 Å². The van der Waals surface area contributed by atoms with E-state index in [1.54, 1.807) is 11.3 Å². The number of carbonyl (C=O) groups excluding carboxylic acids is 1. The molecule has 2 rings (SSSR count). The molecule has 0 N–H and O–H groups in total. The first kappa shape index (κ1) is 9.46. The lowest BCUT2D eigenvalue weighted by atomic mass is 9.96. The van der Waals surface area contributed by atoms with Gasteiger partial charge in [0.05, 0.1) is 12.5 Å². The lowest BCUT2D eigenvalue weighted by Crippen LogP contribution is -2.19. The Kier molecular flexibility index (Phi) is 2.68. The summed E-state index contributed by atoms with van der Waals surface area (Å²) in [4.78, 5) is 12.7. The average molecular weight is 208 g/mol. The lowest BCUT2D eigenvalue weighted by molar-refractivity contribution is -0.146. The van der Waals surface area contributed by atoms with Gasteiger partial charge in [0.25, 0.3) is 0 Å². The summed E-state index contributed by atoms with van der Waals surface area (Å²) in [5.74, 6) is -0.191. The van der Waals surface area contributed by atoms with Crippen molar-refractivity contribution in [2.24, 2.45) is 5.92 Å². The number of esters is 1. The number of fused-ring (bicyclic) bond motifs is 1. The fourth-order valence-corrected chi connectivity index (χ4v) is 2.49. The fraction of sp³-hybridized carbons (Fsp3) is 0.364. The molecule has 1 aromatic rings. The first-order chi connectivity index (χ1) is 6.81. The second-order valence-corrected chi connectivity index (χ2v) is 4.22. The topological polar surface area (TPSA) is 26.3 Å². The van der Waals surface area contributed by atoms with Crippen LogP contribution in [0, 0.1) is 5.92 Å². The van der Waals surface area contributed by atoms with Gasteiger partial charge in [-0.2, -0.15) is 0 Å². The Balaban J connectivity index is 2.10. The van der Waals surface area contributed by atoms with Crippen LogP contribution in [0.4, 0.5) is 0 Å². The zero-order valence-electron chi connectivity index (χ0n) is 8.03. The predicted molar refractivity (Wildman–Crippen MR) is 57.2 cm³/mol. The van der Waals surface area contributed by atoms with Gasteiger partial charge in [-0.1, -0.05) is 12.2 Å². The molecule has 0 aromatic carbocycles. The van der Waals surface area contributed by atoms with Crippen LogP contribution >= 0.6 is 11.3 Å². The van der Waals surface area contributed by atoms with Gasteiger partial charge in [0.2, 0.25) is 0 Å². The van der Waals surface area contributed by atoms with E-state index >= 15 is 0 Å². The Morgan fingerprint density at radius 1 is 1.71 bits per heavy atom. The van der Waals surface area contributed by atoms with Crippen molar-refractivity contribution < 1.29 is 9.53 Å². The van der Waals surface area contributed by atoms with Crippen molar-refractivity contribution in [1.29, 1.82) is 0 Å². The summed E-state index contributed by atoms with van der Waals surface area (Å²) < 4.78 is 4.99. The van der Waals surface area contributed by atoms with Crippen molar-refractivity contribution in [3.63, 3.8) is 0 Å². The fourth-order valence-electron chi connectivity index (χ4n) is 1.56. The Hall–Kier alpha value is -1.09. The summed E-state index contributed by atoms with van der Waals surface area (Å²) in [6.07, 6.45) is 4.74. The molecule has 0 radical (unpaired) electrons. The highest BCUT2D eigenvalue weighted by Gasteiger charge is 2.22. The molecule has 0 aliphatic heterocycles. The zero-order valence-corrected chi connectivity index (χ0v) is 8.84. The van der Waals surface area contributed by atoms with Crippen molar-refractivity contribution in [2.45, 2.75) is 13.3 Å². The number of hydrogen-bond acceptors (Lipinski definition) is 3. The largest absolute Gasteiger partial charge is 0.466 e. The van der Waals surface area contributed by atoms with E-state index in [-0.39, 0.29) is 11.9 Å². The van der Waals surface area contributed by atoms with Gasteiger partial charge in [-0.25, -0.2) is 0 Å². The summed E-state index contributed by atoms with van der Waals surface area (Å²) in [7, 11) is 0. The number of hydrogen-bond donors (Lipinski definition) is 0. The maximum absolute atomic E-state index is 11.5.